The van der Waals surface area contributed by atoms with Crippen molar-refractivity contribution in [2.24, 2.45) is 0 Å². The minimum Gasteiger partial charge on any atom is -0.394 e. The van der Waals surface area contributed by atoms with E-state index in [9.17, 15) is 8.42 Å². The van der Waals surface area contributed by atoms with Gasteiger partial charge in [0.2, 0.25) is 10.0 Å². The van der Waals surface area contributed by atoms with Gasteiger partial charge in [0.15, 0.2) is 0 Å². The Morgan fingerprint density at radius 2 is 2.38 bits per heavy atom. The van der Waals surface area contributed by atoms with Crippen molar-refractivity contribution in [3.8, 4) is 0 Å². The first-order valence-corrected chi connectivity index (χ1v) is 9.18. The summed E-state index contributed by atoms with van der Waals surface area (Å²) in [6.07, 6.45) is 5.59. The number of aromatic nitrogens is 2. The van der Waals surface area contributed by atoms with Crippen molar-refractivity contribution in [1.29, 1.82) is 0 Å². The third-order valence-corrected chi connectivity index (χ3v) is 6.02. The number of aliphatic hydroxyl groups excluding tert-OH is 1. The van der Waals surface area contributed by atoms with Crippen molar-refractivity contribution in [2.45, 2.75) is 36.7 Å². The van der Waals surface area contributed by atoms with Gasteiger partial charge in [0.1, 0.15) is 4.90 Å². The van der Waals surface area contributed by atoms with Crippen LogP contribution in [0.5, 0.6) is 0 Å². The van der Waals surface area contributed by atoms with Gasteiger partial charge in [-0.3, -0.25) is 4.68 Å². The minimum absolute atomic E-state index is 0.0739. The van der Waals surface area contributed by atoms with E-state index in [4.69, 9.17) is 5.11 Å². The molecule has 6 nitrogen and oxygen atoms in total. The topological polar surface area (TPSA) is 84.2 Å². The van der Waals surface area contributed by atoms with Crippen molar-refractivity contribution < 1.29 is 13.5 Å². The number of sulfonamides is 1. The van der Waals surface area contributed by atoms with Crippen molar-refractivity contribution in [1.82, 2.24) is 14.5 Å². The Morgan fingerprint density at radius 3 is 3.19 bits per heavy atom. The number of thiophene rings is 1. The van der Waals surface area contributed by atoms with Crippen LogP contribution in [0, 0.1) is 0 Å². The highest BCUT2D eigenvalue weighted by Gasteiger charge is 2.27. The second-order valence-corrected chi connectivity index (χ2v) is 7.74. The smallest absolute Gasteiger partial charge is 0.244 e. The maximum Gasteiger partial charge on any atom is 0.244 e. The fourth-order valence-corrected chi connectivity index (χ4v) is 4.76. The summed E-state index contributed by atoms with van der Waals surface area (Å²) in [6, 6.07) is 1.84. The van der Waals surface area contributed by atoms with Crippen LogP contribution in [-0.4, -0.2) is 29.9 Å². The van der Waals surface area contributed by atoms with Crippen LogP contribution in [0.1, 0.15) is 29.3 Å². The van der Waals surface area contributed by atoms with Crippen LogP contribution in [-0.2, 0) is 23.0 Å². The zero-order chi connectivity index (χ0) is 14.9. The average molecular weight is 327 g/mol. The van der Waals surface area contributed by atoms with Gasteiger partial charge in [-0.2, -0.15) is 5.10 Å². The van der Waals surface area contributed by atoms with Gasteiger partial charge < -0.3 is 5.11 Å². The molecular weight excluding hydrogens is 310 g/mol. The third kappa shape index (κ3) is 3.03. The molecule has 0 radical (unpaired) electrons. The van der Waals surface area contributed by atoms with E-state index >= 15 is 0 Å². The molecule has 2 heterocycles. The minimum atomic E-state index is -3.59. The lowest BCUT2D eigenvalue weighted by atomic mass is 9.95. The first kappa shape index (κ1) is 14.7. The molecule has 114 valence electrons. The molecule has 2 N–H and O–H groups in total. The molecule has 1 aliphatic rings. The Bertz CT molecular complexity index is 721. The second kappa shape index (κ2) is 5.88. The van der Waals surface area contributed by atoms with Gasteiger partial charge in [0, 0.05) is 17.1 Å². The molecule has 0 fully saturated rings. The van der Waals surface area contributed by atoms with Crippen LogP contribution in [0.15, 0.2) is 28.7 Å². The van der Waals surface area contributed by atoms with E-state index in [2.05, 4.69) is 9.82 Å². The number of aryl methyl sites for hydroxylation is 1. The van der Waals surface area contributed by atoms with E-state index in [-0.39, 0.29) is 24.1 Å². The van der Waals surface area contributed by atoms with Crippen LogP contribution < -0.4 is 4.72 Å². The predicted octanol–water partition coefficient (Wildman–Crippen LogP) is 1.29. The summed E-state index contributed by atoms with van der Waals surface area (Å²) >= 11 is 1.68. The SMILES string of the molecule is O=S(=O)(NC1CCCc2sccc21)c1cnn(CCO)c1. The quantitative estimate of drug-likeness (QED) is 0.867. The zero-order valence-electron chi connectivity index (χ0n) is 11.4. The monoisotopic (exact) mass is 327 g/mol. The first-order chi connectivity index (χ1) is 10.1. The summed E-state index contributed by atoms with van der Waals surface area (Å²) in [4.78, 5) is 1.41. The lowest BCUT2D eigenvalue weighted by molar-refractivity contribution is 0.269. The van der Waals surface area contributed by atoms with Gasteiger partial charge in [-0.05, 0) is 36.3 Å². The molecule has 0 aliphatic heterocycles. The fraction of sp³-hybridized carbons (Fsp3) is 0.462. The Balaban J connectivity index is 1.80. The average Bonchev–Trinajstić information content (AvgIpc) is 3.08. The van der Waals surface area contributed by atoms with Gasteiger partial charge in [-0.25, -0.2) is 13.1 Å². The Morgan fingerprint density at radius 1 is 1.52 bits per heavy atom. The van der Waals surface area contributed by atoms with E-state index in [1.807, 2.05) is 11.4 Å². The number of rotatable bonds is 5. The van der Waals surface area contributed by atoms with Crippen LogP contribution in [0.3, 0.4) is 0 Å². The Kier molecular flexibility index (Phi) is 4.12. The summed E-state index contributed by atoms with van der Waals surface area (Å²) in [6.45, 7) is 0.211. The Labute approximate surface area is 127 Å². The van der Waals surface area contributed by atoms with E-state index < -0.39 is 10.0 Å². The van der Waals surface area contributed by atoms with Crippen LogP contribution in [0.25, 0.3) is 0 Å². The van der Waals surface area contributed by atoms with Crippen LogP contribution in [0.4, 0.5) is 0 Å². The highest BCUT2D eigenvalue weighted by Crippen LogP contribution is 2.34. The molecule has 0 saturated carbocycles. The molecule has 0 amide bonds. The molecule has 2 aromatic heterocycles. The van der Waals surface area contributed by atoms with Crippen molar-refractivity contribution in [3.63, 3.8) is 0 Å². The second-order valence-electron chi connectivity index (χ2n) is 5.03. The van der Waals surface area contributed by atoms with Gasteiger partial charge in [0.05, 0.1) is 19.3 Å². The molecule has 2 aromatic rings. The van der Waals surface area contributed by atoms with E-state index in [1.165, 1.54) is 22.0 Å². The summed E-state index contributed by atoms with van der Waals surface area (Å²) in [5.74, 6) is 0. The van der Waals surface area contributed by atoms with Crippen LogP contribution >= 0.6 is 11.3 Å². The Hall–Kier alpha value is -1.22. The highest BCUT2D eigenvalue weighted by atomic mass is 32.2. The van der Waals surface area contributed by atoms with Crippen molar-refractivity contribution in [3.05, 3.63) is 34.3 Å². The first-order valence-electron chi connectivity index (χ1n) is 6.82. The molecule has 0 spiro atoms. The predicted molar refractivity (Wildman–Crippen MR) is 79.6 cm³/mol. The highest BCUT2D eigenvalue weighted by molar-refractivity contribution is 7.89. The largest absolute Gasteiger partial charge is 0.394 e. The molecule has 0 saturated heterocycles. The fourth-order valence-electron chi connectivity index (χ4n) is 2.57. The molecule has 8 heteroatoms. The van der Waals surface area contributed by atoms with Gasteiger partial charge in [-0.15, -0.1) is 11.3 Å². The van der Waals surface area contributed by atoms with E-state index in [0.29, 0.717) is 0 Å². The third-order valence-electron chi connectivity index (χ3n) is 3.60. The van der Waals surface area contributed by atoms with Crippen LogP contribution in [0.2, 0.25) is 0 Å². The molecule has 1 aliphatic carbocycles. The summed E-state index contributed by atoms with van der Waals surface area (Å²) < 4.78 is 29.0. The van der Waals surface area contributed by atoms with E-state index in [1.54, 1.807) is 11.3 Å². The number of hydrogen-bond acceptors (Lipinski definition) is 5. The number of hydrogen-bond donors (Lipinski definition) is 2. The molecule has 3 rings (SSSR count). The van der Waals surface area contributed by atoms with E-state index in [0.717, 1.165) is 24.8 Å². The molecule has 1 atom stereocenters. The number of fused-ring (bicyclic) bond motifs is 1. The van der Waals surface area contributed by atoms with Gasteiger partial charge in [-0.1, -0.05) is 0 Å². The number of nitrogens with zero attached hydrogens (tertiary/aromatic N) is 2. The number of nitrogens with one attached hydrogen (secondary N) is 1. The summed E-state index contributed by atoms with van der Waals surface area (Å²) in [5, 5.41) is 14.8. The maximum absolute atomic E-state index is 12.4. The molecule has 21 heavy (non-hydrogen) atoms. The summed E-state index contributed by atoms with van der Waals surface area (Å²) in [5.41, 5.74) is 1.09. The molecule has 0 bridgehead atoms. The van der Waals surface area contributed by atoms with Crippen molar-refractivity contribution >= 4 is 21.4 Å². The molecule has 0 aromatic carbocycles. The van der Waals surface area contributed by atoms with Gasteiger partial charge in [0.25, 0.3) is 0 Å². The standard InChI is InChI=1S/C13H17N3O3S2/c17-6-5-16-9-10(8-14-16)21(18,19)15-12-2-1-3-13-11(12)4-7-20-13/h4,7-9,12,15,17H,1-3,5-6H2. The number of aliphatic hydroxyl groups is 1. The molecule has 1 unspecified atom stereocenters. The molecular formula is C13H17N3O3S2. The lowest BCUT2D eigenvalue weighted by Crippen LogP contribution is -2.30. The zero-order valence-corrected chi connectivity index (χ0v) is 13.0. The van der Waals surface area contributed by atoms with Crippen molar-refractivity contribution in [2.75, 3.05) is 6.61 Å². The van der Waals surface area contributed by atoms with Gasteiger partial charge >= 0.3 is 0 Å². The normalized spacial score (nSPS) is 18.6. The summed E-state index contributed by atoms with van der Waals surface area (Å²) in [7, 11) is -3.59. The lowest BCUT2D eigenvalue weighted by Gasteiger charge is -2.23. The maximum atomic E-state index is 12.4.